The summed E-state index contributed by atoms with van der Waals surface area (Å²) in [6, 6.07) is 12.3. The van der Waals surface area contributed by atoms with Gasteiger partial charge in [0, 0.05) is 11.3 Å². The number of anilines is 1. The summed E-state index contributed by atoms with van der Waals surface area (Å²) in [5.41, 5.74) is 8.02. The van der Waals surface area contributed by atoms with E-state index in [9.17, 15) is 4.79 Å². The van der Waals surface area contributed by atoms with Gasteiger partial charge < -0.3 is 15.6 Å². The van der Waals surface area contributed by atoms with Gasteiger partial charge in [-0.1, -0.05) is 29.8 Å². The Labute approximate surface area is 115 Å². The highest BCUT2D eigenvalue weighted by atomic mass is 35.5. The second kappa shape index (κ2) is 5.63. The molecule has 2 aromatic carbocycles. The number of carboxylic acids is 1. The highest BCUT2D eigenvalue weighted by Gasteiger charge is 2.05. The third kappa shape index (κ3) is 3.39. The summed E-state index contributed by atoms with van der Waals surface area (Å²) in [6.45, 7) is -0.359. The first-order valence-corrected chi connectivity index (χ1v) is 5.94. The number of carbonyl (C=O) groups is 1. The third-order valence-corrected chi connectivity index (χ3v) is 2.83. The minimum absolute atomic E-state index is 0.359. The van der Waals surface area contributed by atoms with E-state index in [0.29, 0.717) is 16.5 Å². The Balaban J connectivity index is 2.20. The van der Waals surface area contributed by atoms with E-state index in [-0.39, 0.29) is 6.61 Å². The van der Waals surface area contributed by atoms with Crippen molar-refractivity contribution >= 4 is 23.3 Å². The van der Waals surface area contributed by atoms with E-state index in [0.717, 1.165) is 11.1 Å². The van der Waals surface area contributed by atoms with Crippen LogP contribution in [0.25, 0.3) is 11.1 Å². The molecule has 2 rings (SSSR count). The van der Waals surface area contributed by atoms with Crippen molar-refractivity contribution < 1.29 is 14.6 Å². The monoisotopic (exact) mass is 277 g/mol. The van der Waals surface area contributed by atoms with Crippen LogP contribution < -0.4 is 10.5 Å². The second-order valence-electron chi connectivity index (χ2n) is 3.95. The molecule has 2 aromatic rings. The average Bonchev–Trinajstić information content (AvgIpc) is 2.37. The van der Waals surface area contributed by atoms with Crippen molar-refractivity contribution in [2.24, 2.45) is 0 Å². The summed E-state index contributed by atoms with van der Waals surface area (Å²) < 4.78 is 5.06. The van der Waals surface area contributed by atoms with Crippen LogP contribution in [0.15, 0.2) is 42.5 Å². The molecule has 0 aliphatic heterocycles. The SMILES string of the molecule is Nc1ccc(-c2ccc(OCC(=O)O)cc2)c(Cl)c1. The molecule has 0 bridgehead atoms. The number of halogens is 1. The molecule has 5 heteroatoms. The summed E-state index contributed by atoms with van der Waals surface area (Å²) in [4.78, 5) is 10.4. The zero-order chi connectivity index (χ0) is 13.8. The van der Waals surface area contributed by atoms with Crippen LogP contribution >= 0.6 is 11.6 Å². The molecule has 0 amide bonds. The first-order valence-electron chi connectivity index (χ1n) is 5.56. The number of hydrogen-bond acceptors (Lipinski definition) is 3. The van der Waals surface area contributed by atoms with E-state index in [1.165, 1.54) is 0 Å². The Morgan fingerprint density at radius 3 is 2.47 bits per heavy atom. The quantitative estimate of drug-likeness (QED) is 0.843. The number of aliphatic carboxylic acids is 1. The summed E-state index contributed by atoms with van der Waals surface area (Å²) in [6.07, 6.45) is 0. The Bertz CT molecular complexity index is 596. The van der Waals surface area contributed by atoms with Gasteiger partial charge in [-0.3, -0.25) is 0 Å². The highest BCUT2D eigenvalue weighted by Crippen LogP contribution is 2.30. The fraction of sp³-hybridized carbons (Fsp3) is 0.0714. The van der Waals surface area contributed by atoms with Crippen LogP contribution in [-0.4, -0.2) is 17.7 Å². The Hall–Kier alpha value is -2.20. The second-order valence-corrected chi connectivity index (χ2v) is 4.35. The maximum absolute atomic E-state index is 10.4. The zero-order valence-corrected chi connectivity index (χ0v) is 10.7. The van der Waals surface area contributed by atoms with Gasteiger partial charge in [-0.25, -0.2) is 4.79 Å². The van der Waals surface area contributed by atoms with Crippen molar-refractivity contribution in [1.29, 1.82) is 0 Å². The van der Waals surface area contributed by atoms with E-state index in [2.05, 4.69) is 0 Å². The first kappa shape index (κ1) is 13.2. The van der Waals surface area contributed by atoms with Crippen LogP contribution in [0.4, 0.5) is 5.69 Å². The molecule has 0 unspecified atom stereocenters. The molecule has 19 heavy (non-hydrogen) atoms. The van der Waals surface area contributed by atoms with E-state index in [1.54, 1.807) is 24.3 Å². The molecule has 0 saturated carbocycles. The molecule has 4 nitrogen and oxygen atoms in total. The molecule has 0 aliphatic carbocycles. The zero-order valence-electron chi connectivity index (χ0n) is 9.97. The average molecular weight is 278 g/mol. The molecule has 0 aliphatic rings. The molecule has 0 fully saturated rings. The maximum Gasteiger partial charge on any atom is 0.341 e. The smallest absolute Gasteiger partial charge is 0.341 e. The fourth-order valence-electron chi connectivity index (χ4n) is 1.64. The van der Waals surface area contributed by atoms with Crippen molar-refractivity contribution in [3.05, 3.63) is 47.5 Å². The topological polar surface area (TPSA) is 72.5 Å². The van der Waals surface area contributed by atoms with Gasteiger partial charge in [0.05, 0.1) is 5.02 Å². The number of nitrogen functional groups attached to an aromatic ring is 1. The van der Waals surface area contributed by atoms with Crippen molar-refractivity contribution in [3.8, 4) is 16.9 Å². The van der Waals surface area contributed by atoms with Gasteiger partial charge in [0.2, 0.25) is 0 Å². The molecule has 0 spiro atoms. The summed E-state index contributed by atoms with van der Waals surface area (Å²) in [5.74, 6) is -0.511. The Morgan fingerprint density at radius 2 is 1.89 bits per heavy atom. The molecular weight excluding hydrogens is 266 g/mol. The van der Waals surface area contributed by atoms with Crippen LogP contribution in [0, 0.1) is 0 Å². The van der Waals surface area contributed by atoms with E-state index in [1.807, 2.05) is 18.2 Å². The summed E-state index contributed by atoms with van der Waals surface area (Å²) in [7, 11) is 0. The largest absolute Gasteiger partial charge is 0.482 e. The van der Waals surface area contributed by atoms with Crippen molar-refractivity contribution in [2.75, 3.05) is 12.3 Å². The number of rotatable bonds is 4. The maximum atomic E-state index is 10.4. The minimum Gasteiger partial charge on any atom is -0.482 e. The van der Waals surface area contributed by atoms with E-state index >= 15 is 0 Å². The van der Waals surface area contributed by atoms with Crippen LogP contribution in [0.3, 0.4) is 0 Å². The predicted molar refractivity (Wildman–Crippen MR) is 74.4 cm³/mol. The number of benzene rings is 2. The Kier molecular flexibility index (Phi) is 3.92. The lowest BCUT2D eigenvalue weighted by molar-refractivity contribution is -0.139. The minimum atomic E-state index is -1.01. The number of hydrogen-bond donors (Lipinski definition) is 2. The molecule has 98 valence electrons. The summed E-state index contributed by atoms with van der Waals surface area (Å²) >= 11 is 6.12. The highest BCUT2D eigenvalue weighted by molar-refractivity contribution is 6.33. The fourth-order valence-corrected chi connectivity index (χ4v) is 1.94. The molecule has 0 heterocycles. The lowest BCUT2D eigenvalue weighted by atomic mass is 10.1. The molecule has 0 radical (unpaired) electrons. The molecule has 0 saturated heterocycles. The molecular formula is C14H12ClNO3. The molecule has 3 N–H and O–H groups in total. The van der Waals surface area contributed by atoms with Gasteiger partial charge in [-0.2, -0.15) is 0 Å². The van der Waals surface area contributed by atoms with Crippen molar-refractivity contribution in [3.63, 3.8) is 0 Å². The van der Waals surface area contributed by atoms with Gasteiger partial charge in [-0.15, -0.1) is 0 Å². The number of ether oxygens (including phenoxy) is 1. The predicted octanol–water partition coefficient (Wildman–Crippen LogP) is 3.05. The third-order valence-electron chi connectivity index (χ3n) is 2.52. The number of carboxylic acid groups (broad SMARTS) is 1. The van der Waals surface area contributed by atoms with Gasteiger partial charge in [0.15, 0.2) is 6.61 Å². The van der Waals surface area contributed by atoms with Gasteiger partial charge >= 0.3 is 5.97 Å². The van der Waals surface area contributed by atoms with E-state index < -0.39 is 5.97 Å². The normalized spacial score (nSPS) is 10.2. The first-order chi connectivity index (χ1) is 9.06. The van der Waals surface area contributed by atoms with Gasteiger partial charge in [0.1, 0.15) is 5.75 Å². The van der Waals surface area contributed by atoms with Crippen LogP contribution in [0.2, 0.25) is 5.02 Å². The summed E-state index contributed by atoms with van der Waals surface area (Å²) in [5, 5.41) is 9.08. The van der Waals surface area contributed by atoms with Crippen LogP contribution in [-0.2, 0) is 4.79 Å². The lowest BCUT2D eigenvalue weighted by Crippen LogP contribution is -2.09. The van der Waals surface area contributed by atoms with Gasteiger partial charge in [0.25, 0.3) is 0 Å². The van der Waals surface area contributed by atoms with Crippen molar-refractivity contribution in [1.82, 2.24) is 0 Å². The number of nitrogens with two attached hydrogens (primary N) is 1. The lowest BCUT2D eigenvalue weighted by Gasteiger charge is -2.07. The van der Waals surface area contributed by atoms with Crippen LogP contribution in [0.1, 0.15) is 0 Å². The molecule has 0 atom stereocenters. The van der Waals surface area contributed by atoms with Crippen LogP contribution in [0.5, 0.6) is 5.75 Å². The molecule has 0 aromatic heterocycles. The van der Waals surface area contributed by atoms with Crippen molar-refractivity contribution in [2.45, 2.75) is 0 Å². The standard InChI is InChI=1S/C14H12ClNO3/c15-13-7-10(16)3-6-12(13)9-1-4-11(5-2-9)19-8-14(17)18/h1-7H,8,16H2,(H,17,18). The van der Waals surface area contributed by atoms with E-state index in [4.69, 9.17) is 27.2 Å². The van der Waals surface area contributed by atoms with Gasteiger partial charge in [-0.05, 0) is 29.8 Å². The Morgan fingerprint density at radius 1 is 1.21 bits per heavy atom.